The van der Waals surface area contributed by atoms with E-state index in [0.29, 0.717) is 17.8 Å². The minimum Gasteiger partial charge on any atom is -0.424 e. The second-order valence-corrected chi connectivity index (χ2v) is 5.59. The zero-order valence-corrected chi connectivity index (χ0v) is 13.9. The largest absolute Gasteiger partial charge is 0.424 e. The quantitative estimate of drug-likeness (QED) is 0.433. The van der Waals surface area contributed by atoms with E-state index in [4.69, 9.17) is 32.7 Å². The first-order chi connectivity index (χ1) is 11.6. The summed E-state index contributed by atoms with van der Waals surface area (Å²) in [6.07, 6.45) is 13.7. The van der Waals surface area contributed by atoms with Crippen LogP contribution in [0.4, 0.5) is 0 Å². The van der Waals surface area contributed by atoms with Gasteiger partial charge in [-0.1, -0.05) is 48.1 Å². The SMILES string of the molecule is O=C(CCl)O/C(=C/Cl)C1=C2C3=CC=CC=C(C=CC=C2OC1=O)C3. The number of allylic oxidation sites excluding steroid dienone is 9. The Bertz CT molecular complexity index is 820. The van der Waals surface area contributed by atoms with Crippen molar-refractivity contribution in [2.24, 2.45) is 0 Å². The van der Waals surface area contributed by atoms with Crippen LogP contribution in [0.2, 0.25) is 0 Å². The number of carbonyl (C=O) groups excluding carboxylic acids is 2. The zero-order chi connectivity index (χ0) is 17.1. The maximum atomic E-state index is 12.4. The van der Waals surface area contributed by atoms with Gasteiger partial charge in [-0.05, 0) is 23.6 Å². The van der Waals surface area contributed by atoms with E-state index in [9.17, 15) is 9.59 Å². The molecule has 0 spiro atoms. The number of hydrogen-bond donors (Lipinski definition) is 0. The highest BCUT2D eigenvalue weighted by Crippen LogP contribution is 2.40. The van der Waals surface area contributed by atoms with Crippen molar-refractivity contribution < 1.29 is 19.1 Å². The van der Waals surface area contributed by atoms with Gasteiger partial charge in [0.15, 0.2) is 5.76 Å². The van der Waals surface area contributed by atoms with E-state index in [1.807, 2.05) is 36.5 Å². The molecule has 1 aliphatic heterocycles. The van der Waals surface area contributed by atoms with Crippen molar-refractivity contribution >= 4 is 35.1 Å². The van der Waals surface area contributed by atoms with Crippen LogP contribution in [0.5, 0.6) is 0 Å². The smallest absolute Gasteiger partial charge is 0.348 e. The van der Waals surface area contributed by atoms with Crippen molar-refractivity contribution in [1.82, 2.24) is 0 Å². The number of hydrogen-bond acceptors (Lipinski definition) is 4. The van der Waals surface area contributed by atoms with E-state index in [-0.39, 0.29) is 17.2 Å². The molecule has 0 aromatic rings. The van der Waals surface area contributed by atoms with Crippen LogP contribution in [0, 0.1) is 0 Å². The van der Waals surface area contributed by atoms with Gasteiger partial charge in [-0.15, -0.1) is 11.6 Å². The molecule has 0 radical (unpaired) electrons. The number of halogens is 2. The summed E-state index contributed by atoms with van der Waals surface area (Å²) in [7, 11) is 0. The molecule has 3 rings (SSSR count). The number of ether oxygens (including phenoxy) is 2. The molecule has 2 aliphatic carbocycles. The molecule has 3 aliphatic rings. The summed E-state index contributed by atoms with van der Waals surface area (Å²) in [5.74, 6) is -1.36. The molecule has 6 heteroatoms. The van der Waals surface area contributed by atoms with E-state index in [1.54, 1.807) is 6.08 Å². The Morgan fingerprint density at radius 1 is 1.25 bits per heavy atom. The first-order valence-electron chi connectivity index (χ1n) is 7.13. The molecule has 122 valence electrons. The molecule has 0 unspecified atom stereocenters. The van der Waals surface area contributed by atoms with Gasteiger partial charge in [0.25, 0.3) is 0 Å². The average molecular weight is 363 g/mol. The maximum absolute atomic E-state index is 12.4. The lowest BCUT2D eigenvalue weighted by molar-refractivity contribution is -0.137. The Labute approximate surface area is 148 Å². The summed E-state index contributed by atoms with van der Waals surface area (Å²) in [4.78, 5) is 23.9. The van der Waals surface area contributed by atoms with E-state index >= 15 is 0 Å². The van der Waals surface area contributed by atoms with Gasteiger partial charge in [0.05, 0.1) is 0 Å². The lowest BCUT2D eigenvalue weighted by Gasteiger charge is -2.13. The Hall–Kier alpha value is -2.30. The average Bonchev–Trinajstić information content (AvgIpc) is 2.75. The van der Waals surface area contributed by atoms with Gasteiger partial charge in [0.2, 0.25) is 0 Å². The molecule has 0 atom stereocenters. The molecule has 1 heterocycles. The molecular formula is C18H12Cl2O4. The number of esters is 2. The van der Waals surface area contributed by atoms with Crippen molar-refractivity contribution in [3.8, 4) is 0 Å². The predicted octanol–water partition coefficient (Wildman–Crippen LogP) is 3.97. The van der Waals surface area contributed by atoms with Gasteiger partial charge in [-0.2, -0.15) is 0 Å². The monoisotopic (exact) mass is 362 g/mol. The first kappa shape index (κ1) is 16.6. The normalized spacial score (nSPS) is 19.5. The molecular weight excluding hydrogens is 351 g/mol. The number of fused-ring (bicyclic) bond motifs is 4. The van der Waals surface area contributed by atoms with E-state index in [1.165, 1.54) is 0 Å². The van der Waals surface area contributed by atoms with Gasteiger partial charge in [-0.25, -0.2) is 4.79 Å². The minimum atomic E-state index is -0.706. The molecule has 0 saturated heterocycles. The third kappa shape index (κ3) is 3.16. The molecule has 0 N–H and O–H groups in total. The van der Waals surface area contributed by atoms with Gasteiger partial charge in [0.1, 0.15) is 17.2 Å². The van der Waals surface area contributed by atoms with E-state index in [0.717, 1.165) is 16.7 Å². The van der Waals surface area contributed by atoms with Crippen molar-refractivity contribution in [2.45, 2.75) is 6.42 Å². The van der Waals surface area contributed by atoms with Crippen molar-refractivity contribution in [1.29, 1.82) is 0 Å². The number of carbonyl (C=O) groups is 2. The highest BCUT2D eigenvalue weighted by atomic mass is 35.5. The third-order valence-corrected chi connectivity index (χ3v) is 3.99. The standard InChI is InChI=1S/C18H12Cl2O4/c19-9-14(23-15(21)10-20)17-16-12-6-2-1-4-11(8-12)5-3-7-13(16)24-18(17)22/h1-7,9H,8,10H2/b5-3?,13-7?,14-9+. The summed E-state index contributed by atoms with van der Waals surface area (Å²) >= 11 is 11.2. The third-order valence-electron chi connectivity index (χ3n) is 3.57. The van der Waals surface area contributed by atoms with Crippen molar-refractivity contribution in [2.75, 3.05) is 5.88 Å². The van der Waals surface area contributed by atoms with Crippen LogP contribution in [-0.4, -0.2) is 17.8 Å². The number of rotatable bonds is 3. The molecule has 0 saturated carbocycles. The fourth-order valence-corrected chi connectivity index (χ4v) is 2.81. The lowest BCUT2D eigenvalue weighted by atomic mass is 9.91. The number of alkyl halides is 1. The molecule has 2 bridgehead atoms. The summed E-state index contributed by atoms with van der Waals surface area (Å²) in [6.45, 7) is 0. The van der Waals surface area contributed by atoms with Gasteiger partial charge >= 0.3 is 11.9 Å². The lowest BCUT2D eigenvalue weighted by Crippen LogP contribution is -2.11. The van der Waals surface area contributed by atoms with Crippen LogP contribution in [0.1, 0.15) is 6.42 Å². The van der Waals surface area contributed by atoms with Gasteiger partial charge in [0, 0.05) is 11.1 Å². The van der Waals surface area contributed by atoms with Crippen molar-refractivity contribution in [3.63, 3.8) is 0 Å². The Morgan fingerprint density at radius 3 is 2.79 bits per heavy atom. The van der Waals surface area contributed by atoms with Crippen LogP contribution >= 0.6 is 23.2 Å². The Morgan fingerprint density at radius 2 is 2.04 bits per heavy atom. The summed E-state index contributed by atoms with van der Waals surface area (Å²) in [5, 5.41) is 0. The molecule has 24 heavy (non-hydrogen) atoms. The molecule has 0 fully saturated rings. The topological polar surface area (TPSA) is 52.6 Å². The van der Waals surface area contributed by atoms with Crippen molar-refractivity contribution in [3.05, 3.63) is 81.9 Å². The van der Waals surface area contributed by atoms with E-state index in [2.05, 4.69) is 0 Å². The van der Waals surface area contributed by atoms with Crippen LogP contribution in [-0.2, 0) is 19.1 Å². The van der Waals surface area contributed by atoms with Gasteiger partial charge in [-0.3, -0.25) is 4.79 Å². The Kier molecular flexibility index (Phi) is 4.88. The fraction of sp³-hybridized carbons (Fsp3) is 0.111. The van der Waals surface area contributed by atoms with Gasteiger partial charge < -0.3 is 9.47 Å². The molecule has 0 aromatic heterocycles. The second-order valence-electron chi connectivity index (χ2n) is 5.11. The highest BCUT2D eigenvalue weighted by molar-refractivity contribution is 6.27. The van der Waals surface area contributed by atoms with Crippen LogP contribution in [0.15, 0.2) is 81.9 Å². The zero-order valence-electron chi connectivity index (χ0n) is 12.4. The predicted molar refractivity (Wildman–Crippen MR) is 91.0 cm³/mol. The van der Waals surface area contributed by atoms with E-state index < -0.39 is 11.9 Å². The first-order valence-corrected chi connectivity index (χ1v) is 8.10. The fourth-order valence-electron chi connectivity index (χ4n) is 2.60. The minimum absolute atomic E-state index is 0.0741. The summed E-state index contributed by atoms with van der Waals surface area (Å²) < 4.78 is 10.4. The Balaban J connectivity index is 2.17. The van der Waals surface area contributed by atoms with Crippen LogP contribution < -0.4 is 0 Å². The molecule has 0 amide bonds. The maximum Gasteiger partial charge on any atom is 0.348 e. The van der Waals surface area contributed by atoms with Crippen LogP contribution in [0.25, 0.3) is 0 Å². The molecule has 4 nitrogen and oxygen atoms in total. The second kappa shape index (κ2) is 7.07. The summed E-state index contributed by atoms with van der Waals surface area (Å²) in [6, 6.07) is 0. The highest BCUT2D eigenvalue weighted by Gasteiger charge is 2.36. The van der Waals surface area contributed by atoms with Crippen LogP contribution in [0.3, 0.4) is 0 Å². The summed E-state index contributed by atoms with van der Waals surface area (Å²) in [5.41, 5.74) is 3.66. The molecule has 0 aromatic carbocycles.